The standard InChI is InChI=1S/C35H32N2S2/c1-34(24-15-19-36-20-16-24)17-14-28-33(22-34)39-31-11-5-3-8-26(31)35(28)25-7-2-4-10-30(25)38-32-21-23(12-13-27(32)35)29-9-6-18-37-29/h2-8,10,12,14-21,25,29-32,37H,9,11,22H2,1H3. The third-order valence-corrected chi connectivity index (χ3v) is 12.4. The van der Waals surface area contributed by atoms with Crippen molar-refractivity contribution < 1.29 is 0 Å². The normalized spacial score (nSPS) is 38.9. The van der Waals surface area contributed by atoms with E-state index in [1.807, 2.05) is 12.4 Å². The van der Waals surface area contributed by atoms with Gasteiger partial charge in [-0.1, -0.05) is 73.8 Å². The molecule has 1 aromatic heterocycles. The van der Waals surface area contributed by atoms with E-state index in [0.29, 0.717) is 27.7 Å². The summed E-state index contributed by atoms with van der Waals surface area (Å²) >= 11 is 4.24. The molecule has 39 heavy (non-hydrogen) atoms. The third-order valence-electron chi connectivity index (χ3n) is 9.58. The summed E-state index contributed by atoms with van der Waals surface area (Å²) in [6, 6.07) is 4.75. The molecule has 0 radical (unpaired) electrons. The molecule has 0 bridgehead atoms. The van der Waals surface area contributed by atoms with Crippen molar-refractivity contribution >= 4 is 23.5 Å². The number of nitrogens with one attached hydrogen (secondary N) is 1. The highest BCUT2D eigenvalue weighted by atomic mass is 32.2. The number of thioether (sulfide) groups is 2. The van der Waals surface area contributed by atoms with Crippen LogP contribution in [0.25, 0.3) is 0 Å². The molecule has 4 heterocycles. The molecule has 7 unspecified atom stereocenters. The van der Waals surface area contributed by atoms with E-state index >= 15 is 0 Å². The average Bonchev–Trinajstić information content (AvgIpc) is 3.52. The fourth-order valence-corrected chi connectivity index (χ4v) is 11.0. The van der Waals surface area contributed by atoms with Gasteiger partial charge in [-0.05, 0) is 70.9 Å². The van der Waals surface area contributed by atoms with Crippen molar-refractivity contribution in [2.24, 2.45) is 11.3 Å². The summed E-state index contributed by atoms with van der Waals surface area (Å²) in [5.41, 5.74) is 11.1. The van der Waals surface area contributed by atoms with Gasteiger partial charge < -0.3 is 5.32 Å². The number of allylic oxidation sites excluding steroid dienone is 10. The molecule has 1 N–H and O–H groups in total. The molecule has 2 nitrogen and oxygen atoms in total. The first-order valence-corrected chi connectivity index (χ1v) is 16.0. The van der Waals surface area contributed by atoms with Crippen LogP contribution in [0.4, 0.5) is 0 Å². The topological polar surface area (TPSA) is 24.9 Å². The highest BCUT2D eigenvalue weighted by Gasteiger charge is 2.59. The summed E-state index contributed by atoms with van der Waals surface area (Å²) in [4.78, 5) is 5.86. The van der Waals surface area contributed by atoms with Gasteiger partial charge in [0.15, 0.2) is 0 Å². The smallest absolute Gasteiger partial charge is 0.0558 e. The molecule has 1 aromatic rings. The van der Waals surface area contributed by atoms with E-state index in [9.17, 15) is 0 Å². The van der Waals surface area contributed by atoms with Crippen LogP contribution >= 0.6 is 23.5 Å². The molecule has 4 heteroatoms. The summed E-state index contributed by atoms with van der Waals surface area (Å²) in [5.74, 6) is 0.377. The van der Waals surface area contributed by atoms with Crippen LogP contribution in [0.5, 0.6) is 0 Å². The van der Waals surface area contributed by atoms with E-state index < -0.39 is 0 Å². The summed E-state index contributed by atoms with van der Waals surface area (Å²) in [6.07, 6.45) is 37.9. The van der Waals surface area contributed by atoms with Crippen molar-refractivity contribution in [2.45, 2.75) is 53.4 Å². The van der Waals surface area contributed by atoms with Crippen LogP contribution in [0, 0.1) is 11.3 Å². The van der Waals surface area contributed by atoms with Gasteiger partial charge in [-0.25, -0.2) is 0 Å². The fraction of sp³-hybridized carbons (Fsp3) is 0.314. The SMILES string of the molecule is CC1(c2ccncc2)C=CC2=C(C1)SC1CC=CC=C1C21C2=C=CC(C3CC=CN3)=CC2SC2C=CC=CC21. The summed E-state index contributed by atoms with van der Waals surface area (Å²) in [7, 11) is 0. The van der Waals surface area contributed by atoms with Crippen LogP contribution in [0.1, 0.15) is 31.7 Å². The second-order valence-electron chi connectivity index (χ2n) is 11.7. The maximum absolute atomic E-state index is 4.30. The van der Waals surface area contributed by atoms with E-state index in [0.717, 1.165) is 19.3 Å². The Morgan fingerprint density at radius 2 is 1.97 bits per heavy atom. The fourth-order valence-electron chi connectivity index (χ4n) is 7.70. The van der Waals surface area contributed by atoms with Crippen LogP contribution in [0.15, 0.2) is 137 Å². The van der Waals surface area contributed by atoms with Crippen LogP contribution in [0.3, 0.4) is 0 Å². The number of nitrogens with zero attached hydrogens (tertiary/aromatic N) is 1. The Hall–Kier alpha value is -2.91. The number of fused-ring (bicyclic) bond motifs is 7. The van der Waals surface area contributed by atoms with E-state index in [1.165, 1.54) is 22.3 Å². The first kappa shape index (κ1) is 23.9. The lowest BCUT2D eigenvalue weighted by Gasteiger charge is -2.58. The quantitative estimate of drug-likeness (QED) is 0.386. The average molecular weight is 545 g/mol. The van der Waals surface area contributed by atoms with Crippen LogP contribution in [-0.2, 0) is 5.41 Å². The van der Waals surface area contributed by atoms with Crippen molar-refractivity contribution in [2.75, 3.05) is 0 Å². The number of hydrogen-bond donors (Lipinski definition) is 1. The van der Waals surface area contributed by atoms with Gasteiger partial charge in [0, 0.05) is 39.8 Å². The molecule has 3 aliphatic heterocycles. The minimum absolute atomic E-state index is 0.0305. The van der Waals surface area contributed by atoms with Gasteiger partial charge in [-0.15, -0.1) is 29.3 Å². The van der Waals surface area contributed by atoms with Crippen molar-refractivity contribution in [3.8, 4) is 0 Å². The molecule has 0 aromatic carbocycles. The zero-order valence-corrected chi connectivity index (χ0v) is 23.7. The van der Waals surface area contributed by atoms with E-state index in [-0.39, 0.29) is 10.8 Å². The van der Waals surface area contributed by atoms with Gasteiger partial charge in [0.1, 0.15) is 0 Å². The molecule has 0 saturated carbocycles. The predicted octanol–water partition coefficient (Wildman–Crippen LogP) is 7.66. The highest BCUT2D eigenvalue weighted by Crippen LogP contribution is 2.68. The van der Waals surface area contributed by atoms with Crippen molar-refractivity contribution in [3.63, 3.8) is 0 Å². The Morgan fingerprint density at radius 1 is 1.08 bits per heavy atom. The van der Waals surface area contributed by atoms with E-state index in [4.69, 9.17) is 0 Å². The Morgan fingerprint density at radius 3 is 2.85 bits per heavy atom. The minimum Gasteiger partial charge on any atom is -0.384 e. The van der Waals surface area contributed by atoms with Gasteiger partial charge >= 0.3 is 0 Å². The van der Waals surface area contributed by atoms with Crippen LogP contribution < -0.4 is 5.32 Å². The first-order valence-electron chi connectivity index (χ1n) is 14.1. The summed E-state index contributed by atoms with van der Waals surface area (Å²) in [6.45, 7) is 2.39. The summed E-state index contributed by atoms with van der Waals surface area (Å²) < 4.78 is 0. The maximum Gasteiger partial charge on any atom is 0.0558 e. The molecule has 1 saturated heterocycles. The van der Waals surface area contributed by atoms with Gasteiger partial charge in [0.05, 0.1) is 16.7 Å². The Kier molecular flexibility index (Phi) is 5.56. The number of hydrogen-bond acceptors (Lipinski definition) is 4. The lowest BCUT2D eigenvalue weighted by Crippen LogP contribution is -2.52. The molecule has 0 amide bonds. The van der Waals surface area contributed by atoms with Gasteiger partial charge in [0.25, 0.3) is 0 Å². The molecule has 1 spiro atoms. The first-order chi connectivity index (χ1) is 19.2. The second-order valence-corrected chi connectivity index (χ2v) is 14.4. The molecule has 1 fully saturated rings. The Bertz CT molecular complexity index is 1540. The van der Waals surface area contributed by atoms with Crippen molar-refractivity contribution in [1.29, 1.82) is 0 Å². The second kappa shape index (κ2) is 9.06. The van der Waals surface area contributed by atoms with Gasteiger partial charge in [0.2, 0.25) is 0 Å². The maximum atomic E-state index is 4.30. The molecular weight excluding hydrogens is 513 g/mol. The molecule has 8 rings (SSSR count). The Labute approximate surface area is 239 Å². The van der Waals surface area contributed by atoms with Crippen molar-refractivity contribution in [1.82, 2.24) is 10.3 Å². The van der Waals surface area contributed by atoms with Crippen LogP contribution in [-0.4, -0.2) is 26.8 Å². The Balaban J connectivity index is 1.34. The van der Waals surface area contributed by atoms with Gasteiger partial charge in [-0.2, -0.15) is 0 Å². The summed E-state index contributed by atoms with van der Waals surface area (Å²) in [5, 5.41) is 4.76. The zero-order chi connectivity index (χ0) is 26.0. The molecule has 7 aliphatic rings. The lowest BCUT2D eigenvalue weighted by molar-refractivity contribution is 0.353. The molecule has 4 aliphatic carbocycles. The predicted molar refractivity (Wildman–Crippen MR) is 165 cm³/mol. The number of rotatable bonds is 2. The zero-order valence-electron chi connectivity index (χ0n) is 22.1. The lowest BCUT2D eigenvalue weighted by atomic mass is 9.54. The number of aromatic nitrogens is 1. The van der Waals surface area contributed by atoms with E-state index in [1.54, 1.807) is 10.5 Å². The minimum atomic E-state index is -0.173. The number of pyridine rings is 1. The monoisotopic (exact) mass is 544 g/mol. The molecule has 7 atom stereocenters. The largest absolute Gasteiger partial charge is 0.384 e. The molecule has 194 valence electrons. The van der Waals surface area contributed by atoms with Crippen molar-refractivity contribution in [3.05, 3.63) is 142 Å². The highest BCUT2D eigenvalue weighted by molar-refractivity contribution is 8.04. The van der Waals surface area contributed by atoms with Gasteiger partial charge in [-0.3, -0.25) is 4.98 Å². The van der Waals surface area contributed by atoms with Crippen LogP contribution in [0.2, 0.25) is 0 Å². The third kappa shape index (κ3) is 3.55. The van der Waals surface area contributed by atoms with E-state index in [2.05, 4.69) is 138 Å². The molecular formula is C35H32N2S2.